The van der Waals surface area contributed by atoms with Gasteiger partial charge in [0.25, 0.3) is 17.5 Å². The lowest BCUT2D eigenvalue weighted by molar-refractivity contribution is -0.384. The van der Waals surface area contributed by atoms with Crippen molar-refractivity contribution in [3.05, 3.63) is 81.1 Å². The van der Waals surface area contributed by atoms with Crippen molar-refractivity contribution in [2.45, 2.75) is 19.9 Å². The fourth-order valence-corrected chi connectivity index (χ4v) is 3.37. The van der Waals surface area contributed by atoms with Crippen LogP contribution in [0.4, 0.5) is 5.69 Å². The van der Waals surface area contributed by atoms with Crippen LogP contribution in [0.2, 0.25) is 5.02 Å². The molecule has 1 atom stereocenters. The number of carbonyl (C=O) groups is 2. The molecule has 11 heteroatoms. The second kappa shape index (κ2) is 11.3. The van der Waals surface area contributed by atoms with E-state index in [0.29, 0.717) is 27.7 Å². The predicted octanol–water partition coefficient (Wildman–Crippen LogP) is 4.42. The molecule has 0 bridgehead atoms. The van der Waals surface area contributed by atoms with E-state index in [1.807, 2.05) is 0 Å². The van der Waals surface area contributed by atoms with Crippen LogP contribution in [0.1, 0.15) is 30.0 Å². The molecular formula is C24H23ClN4O6. The minimum atomic E-state index is -0.838. The normalized spacial score (nSPS) is 11.9. The van der Waals surface area contributed by atoms with Gasteiger partial charge in [0.2, 0.25) is 0 Å². The van der Waals surface area contributed by atoms with E-state index in [1.54, 1.807) is 44.2 Å². The lowest BCUT2D eigenvalue weighted by Crippen LogP contribution is -2.48. The van der Waals surface area contributed by atoms with Gasteiger partial charge in [-0.05, 0) is 42.3 Å². The number of ether oxygens (including phenoxy) is 1. The maximum Gasteiger partial charge on any atom is 0.273 e. The quantitative estimate of drug-likeness (QED) is 0.254. The van der Waals surface area contributed by atoms with Crippen LogP contribution in [0.5, 0.6) is 5.75 Å². The van der Waals surface area contributed by atoms with Crippen molar-refractivity contribution < 1.29 is 23.7 Å². The average Bonchev–Trinajstić information content (AvgIpc) is 3.30. The van der Waals surface area contributed by atoms with E-state index in [4.69, 9.17) is 20.8 Å². The number of nitro groups is 1. The van der Waals surface area contributed by atoms with Gasteiger partial charge in [-0.1, -0.05) is 31.5 Å². The molecule has 0 saturated carbocycles. The molecule has 10 nitrogen and oxygen atoms in total. The number of rotatable bonds is 9. The molecule has 0 radical (unpaired) electrons. The average molecular weight is 499 g/mol. The van der Waals surface area contributed by atoms with Crippen molar-refractivity contribution in [1.82, 2.24) is 10.7 Å². The number of nitrogens with zero attached hydrogens (tertiary/aromatic N) is 2. The summed E-state index contributed by atoms with van der Waals surface area (Å²) in [4.78, 5) is 35.6. The number of benzene rings is 2. The highest BCUT2D eigenvalue weighted by Crippen LogP contribution is 2.34. The Morgan fingerprint density at radius 3 is 2.60 bits per heavy atom. The molecule has 0 aliphatic heterocycles. The van der Waals surface area contributed by atoms with E-state index in [-0.39, 0.29) is 17.4 Å². The molecule has 0 fully saturated rings. The van der Waals surface area contributed by atoms with Crippen LogP contribution in [0, 0.1) is 16.0 Å². The van der Waals surface area contributed by atoms with E-state index < -0.39 is 22.8 Å². The molecule has 1 aromatic heterocycles. The highest BCUT2D eigenvalue weighted by Gasteiger charge is 2.24. The smallest absolute Gasteiger partial charge is 0.273 e. The lowest BCUT2D eigenvalue weighted by atomic mass is 10.0. The molecule has 182 valence electrons. The fourth-order valence-electron chi connectivity index (χ4n) is 3.18. The van der Waals surface area contributed by atoms with Crippen LogP contribution < -0.4 is 15.5 Å². The molecule has 1 heterocycles. The highest BCUT2D eigenvalue weighted by molar-refractivity contribution is 6.31. The van der Waals surface area contributed by atoms with Gasteiger partial charge in [0, 0.05) is 16.7 Å². The van der Waals surface area contributed by atoms with Gasteiger partial charge < -0.3 is 14.5 Å². The van der Waals surface area contributed by atoms with E-state index >= 15 is 0 Å². The van der Waals surface area contributed by atoms with Crippen LogP contribution in [0.3, 0.4) is 0 Å². The Bertz CT molecular complexity index is 1270. The Balaban J connectivity index is 1.67. The topological polar surface area (TPSA) is 136 Å². The summed E-state index contributed by atoms with van der Waals surface area (Å²) < 4.78 is 10.9. The van der Waals surface area contributed by atoms with Gasteiger partial charge in [0.05, 0.1) is 29.9 Å². The number of hydrogen-bond donors (Lipinski definition) is 2. The standard InChI is InChI=1S/C24H23ClN4O6/c1-14(2)22(27-23(30)15-5-4-6-16(25)11-15)24(31)28-26-13-18-8-10-20(35-18)19-9-7-17(29(32)33)12-21(19)34-3/h4-14,22H,1-3H3,(H,27,30)(H,28,31). The molecule has 3 aromatic rings. The second-order valence-corrected chi connectivity index (χ2v) is 8.22. The Kier molecular flexibility index (Phi) is 8.21. The first kappa shape index (κ1) is 25.4. The lowest BCUT2D eigenvalue weighted by Gasteiger charge is -2.20. The summed E-state index contributed by atoms with van der Waals surface area (Å²) in [6.07, 6.45) is 1.30. The summed E-state index contributed by atoms with van der Waals surface area (Å²) in [5.41, 5.74) is 3.15. The minimum Gasteiger partial charge on any atom is -0.496 e. The molecule has 0 spiro atoms. The number of non-ortho nitro benzene ring substituents is 1. The Hall–Kier alpha value is -4.18. The maximum absolute atomic E-state index is 12.6. The van der Waals surface area contributed by atoms with E-state index in [2.05, 4.69) is 15.8 Å². The molecule has 3 rings (SSSR count). The van der Waals surface area contributed by atoms with Gasteiger partial charge in [-0.25, -0.2) is 5.43 Å². The highest BCUT2D eigenvalue weighted by atomic mass is 35.5. The number of methoxy groups -OCH3 is 1. The van der Waals surface area contributed by atoms with Crippen LogP contribution in [-0.4, -0.2) is 36.1 Å². The number of amides is 2. The number of carbonyl (C=O) groups excluding carboxylic acids is 2. The van der Waals surface area contributed by atoms with Gasteiger partial charge >= 0.3 is 0 Å². The van der Waals surface area contributed by atoms with Crippen molar-refractivity contribution >= 4 is 35.3 Å². The van der Waals surface area contributed by atoms with Gasteiger partial charge in [-0.2, -0.15) is 5.10 Å². The summed E-state index contributed by atoms with van der Waals surface area (Å²) in [5, 5.41) is 18.0. The van der Waals surface area contributed by atoms with Crippen molar-refractivity contribution in [3.63, 3.8) is 0 Å². The number of hydrogen-bond acceptors (Lipinski definition) is 7. The SMILES string of the molecule is COc1cc([N+](=O)[O-])ccc1-c1ccc(C=NNC(=O)C(NC(=O)c2cccc(Cl)c2)C(C)C)o1. The monoisotopic (exact) mass is 498 g/mol. The molecular weight excluding hydrogens is 476 g/mol. The Morgan fingerprint density at radius 2 is 1.94 bits per heavy atom. The third-order valence-corrected chi connectivity index (χ3v) is 5.21. The third kappa shape index (κ3) is 6.45. The second-order valence-electron chi connectivity index (χ2n) is 7.78. The van der Waals surface area contributed by atoms with E-state index in [1.165, 1.54) is 37.6 Å². The van der Waals surface area contributed by atoms with E-state index in [0.717, 1.165) is 0 Å². The largest absolute Gasteiger partial charge is 0.496 e. The zero-order chi connectivity index (χ0) is 25.5. The van der Waals surface area contributed by atoms with Crippen molar-refractivity contribution in [3.8, 4) is 17.1 Å². The predicted molar refractivity (Wildman–Crippen MR) is 131 cm³/mol. The van der Waals surface area contributed by atoms with Crippen LogP contribution in [-0.2, 0) is 4.79 Å². The summed E-state index contributed by atoms with van der Waals surface area (Å²) in [5.74, 6) is -0.143. The summed E-state index contributed by atoms with van der Waals surface area (Å²) in [7, 11) is 1.40. The number of nitrogens with one attached hydrogen (secondary N) is 2. The maximum atomic E-state index is 12.6. The molecule has 0 aliphatic rings. The number of furan rings is 1. The number of nitro benzene ring substituents is 1. The first-order chi connectivity index (χ1) is 16.7. The summed E-state index contributed by atoms with van der Waals surface area (Å²) >= 11 is 5.93. The van der Waals surface area contributed by atoms with Gasteiger partial charge in [0.1, 0.15) is 23.3 Å². The fraction of sp³-hybridized carbons (Fsp3) is 0.208. The van der Waals surface area contributed by atoms with Gasteiger partial charge in [0.15, 0.2) is 0 Å². The van der Waals surface area contributed by atoms with Crippen molar-refractivity contribution in [2.75, 3.05) is 7.11 Å². The first-order valence-corrected chi connectivity index (χ1v) is 10.9. The molecule has 0 saturated heterocycles. The Morgan fingerprint density at radius 1 is 1.17 bits per heavy atom. The molecule has 2 amide bonds. The Labute approximate surface area is 206 Å². The zero-order valence-corrected chi connectivity index (χ0v) is 19.9. The minimum absolute atomic E-state index is 0.108. The summed E-state index contributed by atoms with van der Waals surface area (Å²) in [6.45, 7) is 3.59. The van der Waals surface area contributed by atoms with Crippen molar-refractivity contribution in [1.29, 1.82) is 0 Å². The van der Waals surface area contributed by atoms with Gasteiger partial charge in [-0.3, -0.25) is 19.7 Å². The molecule has 35 heavy (non-hydrogen) atoms. The third-order valence-electron chi connectivity index (χ3n) is 4.98. The number of halogens is 1. The molecule has 2 N–H and O–H groups in total. The van der Waals surface area contributed by atoms with Crippen molar-refractivity contribution in [2.24, 2.45) is 11.0 Å². The van der Waals surface area contributed by atoms with Crippen LogP contribution in [0.25, 0.3) is 11.3 Å². The first-order valence-electron chi connectivity index (χ1n) is 10.5. The van der Waals surface area contributed by atoms with Gasteiger partial charge in [-0.15, -0.1) is 0 Å². The van der Waals surface area contributed by atoms with E-state index in [9.17, 15) is 19.7 Å². The number of hydrazone groups is 1. The van der Waals surface area contributed by atoms with Crippen LogP contribution in [0.15, 0.2) is 64.1 Å². The zero-order valence-electron chi connectivity index (χ0n) is 19.2. The molecule has 2 aromatic carbocycles. The molecule has 0 aliphatic carbocycles. The van der Waals surface area contributed by atoms with Crippen LogP contribution >= 0.6 is 11.6 Å². The molecule has 1 unspecified atom stereocenters. The summed E-state index contributed by atoms with van der Waals surface area (Å²) in [6, 6.07) is 13.0.